The Hall–Kier alpha value is -1.61. The number of ether oxygens (including phenoxy) is 1. The lowest BCUT2D eigenvalue weighted by molar-refractivity contribution is -0.152. The third-order valence-electron chi connectivity index (χ3n) is 1.97. The van der Waals surface area contributed by atoms with Crippen molar-refractivity contribution in [3.8, 4) is 0 Å². The standard InChI is InChI=1S/C10H16N2O6S/c1-3-18-9(15)7(13)5-19-4-6(11)8(14)12(2)10(16)17/h6H,3-5,11H2,1-2H3,(H,16,17). The number of Topliss-reactive ketones (excluding diaryl/α,β-unsaturated/α-hetero) is 1. The number of hydrogen-bond donors (Lipinski definition) is 2. The summed E-state index contributed by atoms with van der Waals surface area (Å²) >= 11 is 0.965. The van der Waals surface area contributed by atoms with Crippen LogP contribution in [0, 0.1) is 0 Å². The first kappa shape index (κ1) is 17.4. The molecule has 0 rings (SSSR count). The van der Waals surface area contributed by atoms with Crippen molar-refractivity contribution < 1.29 is 29.0 Å². The Balaban J connectivity index is 4.07. The van der Waals surface area contributed by atoms with E-state index in [-0.39, 0.29) is 18.1 Å². The summed E-state index contributed by atoms with van der Waals surface area (Å²) in [6.45, 7) is 1.69. The summed E-state index contributed by atoms with van der Waals surface area (Å²) in [6.07, 6.45) is -1.41. The highest BCUT2D eigenvalue weighted by atomic mass is 32.2. The maximum Gasteiger partial charge on any atom is 0.413 e. The molecule has 0 fully saturated rings. The number of carbonyl (C=O) groups excluding carboxylic acids is 3. The van der Waals surface area contributed by atoms with E-state index >= 15 is 0 Å². The molecule has 0 saturated carbocycles. The predicted octanol–water partition coefficient (Wildman–Crippen LogP) is -0.684. The molecule has 2 amide bonds. The number of esters is 1. The highest BCUT2D eigenvalue weighted by molar-refractivity contribution is 8.00. The Morgan fingerprint density at radius 2 is 1.95 bits per heavy atom. The molecule has 9 heteroatoms. The fourth-order valence-corrected chi connectivity index (χ4v) is 1.78. The molecule has 0 aliphatic rings. The van der Waals surface area contributed by atoms with Crippen LogP contribution >= 0.6 is 11.8 Å². The Morgan fingerprint density at radius 3 is 2.42 bits per heavy atom. The molecule has 19 heavy (non-hydrogen) atoms. The first-order valence-electron chi connectivity index (χ1n) is 5.35. The van der Waals surface area contributed by atoms with Crippen LogP contribution in [0.25, 0.3) is 0 Å². The van der Waals surface area contributed by atoms with Crippen molar-refractivity contribution in [2.24, 2.45) is 5.73 Å². The molecule has 8 nitrogen and oxygen atoms in total. The van der Waals surface area contributed by atoms with Gasteiger partial charge in [-0.2, -0.15) is 11.8 Å². The van der Waals surface area contributed by atoms with Gasteiger partial charge in [0.15, 0.2) is 0 Å². The number of likely N-dealkylation sites (N-methyl/N-ethyl adjacent to an activating group) is 1. The largest absolute Gasteiger partial charge is 0.465 e. The zero-order valence-corrected chi connectivity index (χ0v) is 11.4. The minimum Gasteiger partial charge on any atom is -0.465 e. The summed E-state index contributed by atoms with van der Waals surface area (Å²) in [5, 5.41) is 8.57. The lowest BCUT2D eigenvalue weighted by Gasteiger charge is -2.16. The molecular weight excluding hydrogens is 276 g/mol. The van der Waals surface area contributed by atoms with Crippen LogP contribution in [-0.2, 0) is 19.1 Å². The van der Waals surface area contributed by atoms with E-state index in [0.29, 0.717) is 4.90 Å². The topological polar surface area (TPSA) is 127 Å². The van der Waals surface area contributed by atoms with Gasteiger partial charge >= 0.3 is 12.1 Å². The van der Waals surface area contributed by atoms with Crippen molar-refractivity contribution in [2.75, 3.05) is 25.2 Å². The van der Waals surface area contributed by atoms with E-state index in [0.717, 1.165) is 18.8 Å². The first-order valence-corrected chi connectivity index (χ1v) is 6.50. The Labute approximate surface area is 114 Å². The van der Waals surface area contributed by atoms with Crippen molar-refractivity contribution in [3.63, 3.8) is 0 Å². The average Bonchev–Trinajstić information content (AvgIpc) is 2.36. The molecule has 0 spiro atoms. The van der Waals surface area contributed by atoms with Crippen molar-refractivity contribution in [3.05, 3.63) is 0 Å². The molecule has 0 saturated heterocycles. The number of carboxylic acid groups (broad SMARTS) is 1. The number of amides is 2. The molecule has 0 heterocycles. The lowest BCUT2D eigenvalue weighted by atomic mass is 10.3. The Morgan fingerprint density at radius 1 is 1.37 bits per heavy atom. The van der Waals surface area contributed by atoms with Gasteiger partial charge in [0.1, 0.15) is 0 Å². The van der Waals surface area contributed by atoms with Gasteiger partial charge in [0.25, 0.3) is 0 Å². The molecule has 1 atom stereocenters. The molecule has 0 bridgehead atoms. The van der Waals surface area contributed by atoms with Crippen molar-refractivity contribution in [1.82, 2.24) is 4.90 Å². The first-order chi connectivity index (χ1) is 8.81. The fraction of sp³-hybridized carbons (Fsp3) is 0.600. The molecule has 0 aromatic heterocycles. The maximum absolute atomic E-state index is 11.4. The number of carbonyl (C=O) groups is 4. The van der Waals surface area contributed by atoms with Gasteiger partial charge in [-0.15, -0.1) is 0 Å². The lowest BCUT2D eigenvalue weighted by Crippen LogP contribution is -2.45. The summed E-state index contributed by atoms with van der Waals surface area (Å²) in [5.74, 6) is -2.57. The van der Waals surface area contributed by atoms with Crippen LogP contribution < -0.4 is 5.73 Å². The van der Waals surface area contributed by atoms with Crippen molar-refractivity contribution >= 4 is 35.5 Å². The number of imide groups is 1. The average molecular weight is 292 g/mol. The van der Waals surface area contributed by atoms with Crippen molar-refractivity contribution in [2.45, 2.75) is 13.0 Å². The van der Waals surface area contributed by atoms with Gasteiger partial charge in [-0.1, -0.05) is 0 Å². The molecule has 0 aromatic carbocycles. The summed E-state index contributed by atoms with van der Waals surface area (Å²) in [7, 11) is 1.08. The molecule has 0 aromatic rings. The number of thioether (sulfide) groups is 1. The molecule has 1 unspecified atom stereocenters. The minimum absolute atomic E-state index is 0.0294. The number of nitrogens with zero attached hydrogens (tertiary/aromatic N) is 1. The van der Waals surface area contributed by atoms with Gasteiger partial charge in [-0.25, -0.2) is 14.5 Å². The van der Waals surface area contributed by atoms with Crippen LogP contribution in [-0.4, -0.2) is 65.0 Å². The number of hydrogen-bond acceptors (Lipinski definition) is 7. The third-order valence-corrected chi connectivity index (χ3v) is 3.03. The van der Waals surface area contributed by atoms with Crippen LogP contribution in [0.15, 0.2) is 0 Å². The SMILES string of the molecule is CCOC(=O)C(=O)CSCC(N)C(=O)N(C)C(=O)O. The highest BCUT2D eigenvalue weighted by Gasteiger charge is 2.23. The maximum atomic E-state index is 11.4. The van der Waals surface area contributed by atoms with Gasteiger partial charge in [0.05, 0.1) is 18.4 Å². The van der Waals surface area contributed by atoms with E-state index in [1.807, 2.05) is 0 Å². The molecule has 0 radical (unpaired) electrons. The summed E-state index contributed by atoms with van der Waals surface area (Å²) < 4.78 is 4.49. The second kappa shape index (κ2) is 8.48. The van der Waals surface area contributed by atoms with E-state index in [1.165, 1.54) is 0 Å². The van der Waals surface area contributed by atoms with Gasteiger partial charge in [0.2, 0.25) is 11.7 Å². The van der Waals surface area contributed by atoms with Crippen LogP contribution in [0.1, 0.15) is 6.92 Å². The van der Waals surface area contributed by atoms with Crippen LogP contribution in [0.3, 0.4) is 0 Å². The van der Waals surface area contributed by atoms with E-state index in [9.17, 15) is 19.2 Å². The third kappa shape index (κ3) is 6.20. The van der Waals surface area contributed by atoms with Gasteiger partial charge in [-0.3, -0.25) is 9.59 Å². The second-order valence-corrected chi connectivity index (χ2v) is 4.48. The quantitative estimate of drug-likeness (QED) is 0.466. The number of nitrogens with two attached hydrogens (primary N) is 1. The van der Waals surface area contributed by atoms with Gasteiger partial charge in [0, 0.05) is 12.8 Å². The number of rotatable bonds is 7. The fourth-order valence-electron chi connectivity index (χ4n) is 0.963. The minimum atomic E-state index is -1.41. The summed E-state index contributed by atoms with van der Waals surface area (Å²) in [5.41, 5.74) is 5.47. The highest BCUT2D eigenvalue weighted by Crippen LogP contribution is 2.05. The van der Waals surface area contributed by atoms with E-state index in [2.05, 4.69) is 4.74 Å². The smallest absolute Gasteiger partial charge is 0.413 e. The summed E-state index contributed by atoms with van der Waals surface area (Å²) in [4.78, 5) is 44.6. The molecule has 108 valence electrons. The normalized spacial score (nSPS) is 11.5. The predicted molar refractivity (Wildman–Crippen MR) is 67.7 cm³/mol. The molecular formula is C10H16N2O6S. The molecule has 3 N–H and O–H groups in total. The van der Waals surface area contributed by atoms with E-state index < -0.39 is 29.8 Å². The van der Waals surface area contributed by atoms with E-state index in [4.69, 9.17) is 10.8 Å². The Kier molecular flexibility index (Phi) is 7.77. The van der Waals surface area contributed by atoms with Crippen LogP contribution in [0.4, 0.5) is 4.79 Å². The van der Waals surface area contributed by atoms with Gasteiger partial charge in [-0.05, 0) is 6.92 Å². The zero-order valence-electron chi connectivity index (χ0n) is 10.6. The van der Waals surface area contributed by atoms with Crippen molar-refractivity contribution in [1.29, 1.82) is 0 Å². The van der Waals surface area contributed by atoms with Gasteiger partial charge < -0.3 is 15.6 Å². The summed E-state index contributed by atoms with van der Waals surface area (Å²) in [6, 6.07) is -1.05. The number of ketones is 1. The second-order valence-electron chi connectivity index (χ2n) is 3.45. The van der Waals surface area contributed by atoms with Crippen LogP contribution in [0.2, 0.25) is 0 Å². The van der Waals surface area contributed by atoms with Crippen LogP contribution in [0.5, 0.6) is 0 Å². The molecule has 0 aliphatic carbocycles. The monoisotopic (exact) mass is 292 g/mol. The Bertz CT molecular complexity index is 373. The van der Waals surface area contributed by atoms with E-state index in [1.54, 1.807) is 6.92 Å². The molecule has 0 aliphatic heterocycles. The zero-order chi connectivity index (χ0) is 15.0.